The van der Waals surface area contributed by atoms with E-state index in [9.17, 15) is 4.79 Å². The molecule has 2 unspecified atom stereocenters. The van der Waals surface area contributed by atoms with Crippen molar-refractivity contribution in [2.24, 2.45) is 0 Å². The van der Waals surface area contributed by atoms with Crippen LogP contribution < -0.4 is 0 Å². The average molecular weight is 370 g/mol. The Morgan fingerprint density at radius 2 is 1.86 bits per heavy atom. The minimum Gasteiger partial charge on any atom is -0.445 e. The molecule has 0 saturated carbocycles. The van der Waals surface area contributed by atoms with Crippen molar-refractivity contribution in [3.05, 3.63) is 84.2 Å². The fourth-order valence-corrected chi connectivity index (χ4v) is 4.46. The number of rotatable bonds is 3. The molecule has 2 bridgehead atoms. The molecule has 2 aromatic carbocycles. The van der Waals surface area contributed by atoms with Gasteiger partial charge in [0.1, 0.15) is 6.61 Å². The number of hydrogen-bond donors (Lipinski definition) is 0. The number of nitrogens with zero attached hydrogens (tertiary/aromatic N) is 2. The van der Waals surface area contributed by atoms with Crippen LogP contribution in [-0.4, -0.2) is 28.1 Å². The molecule has 3 aromatic rings. The van der Waals surface area contributed by atoms with Gasteiger partial charge in [-0.1, -0.05) is 60.7 Å². The van der Waals surface area contributed by atoms with Gasteiger partial charge in [0.25, 0.3) is 0 Å². The summed E-state index contributed by atoms with van der Waals surface area (Å²) >= 11 is 0. The summed E-state index contributed by atoms with van der Waals surface area (Å²) in [6, 6.07) is 20.5. The first-order chi connectivity index (χ1) is 13.8. The Morgan fingerprint density at radius 1 is 1.04 bits per heavy atom. The van der Waals surface area contributed by atoms with Gasteiger partial charge < -0.3 is 4.74 Å². The summed E-state index contributed by atoms with van der Waals surface area (Å²) in [5, 5.41) is 2.38. The maximum absolute atomic E-state index is 12.7. The van der Waals surface area contributed by atoms with Gasteiger partial charge in [0.2, 0.25) is 0 Å². The Bertz CT molecular complexity index is 1040. The van der Waals surface area contributed by atoms with Gasteiger partial charge in [0, 0.05) is 17.6 Å². The zero-order valence-electron chi connectivity index (χ0n) is 15.6. The molecule has 2 aliphatic rings. The maximum Gasteiger partial charge on any atom is 0.410 e. The Balaban J connectivity index is 1.37. The van der Waals surface area contributed by atoms with Gasteiger partial charge in [0.15, 0.2) is 0 Å². The van der Waals surface area contributed by atoms with Crippen LogP contribution in [0.25, 0.3) is 16.3 Å². The van der Waals surface area contributed by atoms with E-state index in [1.807, 2.05) is 47.5 Å². The molecule has 1 amide bonds. The molecular weight excluding hydrogens is 348 g/mol. The summed E-state index contributed by atoms with van der Waals surface area (Å²) in [5.41, 5.74) is 3.31. The molecule has 0 N–H and O–H groups in total. The molecule has 0 aliphatic carbocycles. The third-order valence-corrected chi connectivity index (χ3v) is 5.79. The summed E-state index contributed by atoms with van der Waals surface area (Å²) in [6.07, 6.45) is 6.72. The van der Waals surface area contributed by atoms with Crippen LogP contribution in [0, 0.1) is 0 Å². The Labute approximate surface area is 164 Å². The topological polar surface area (TPSA) is 42.4 Å². The summed E-state index contributed by atoms with van der Waals surface area (Å²) < 4.78 is 5.60. The minimum atomic E-state index is -0.211. The lowest BCUT2D eigenvalue weighted by molar-refractivity contribution is 0.0832. The largest absolute Gasteiger partial charge is 0.445 e. The van der Waals surface area contributed by atoms with Crippen molar-refractivity contribution in [2.45, 2.75) is 38.0 Å². The number of pyridine rings is 1. The predicted octanol–water partition coefficient (Wildman–Crippen LogP) is 5.19. The van der Waals surface area contributed by atoms with Crippen molar-refractivity contribution < 1.29 is 9.53 Å². The summed E-state index contributed by atoms with van der Waals surface area (Å²) in [6.45, 7) is 0.317. The Kier molecular flexibility index (Phi) is 4.32. The van der Waals surface area contributed by atoms with E-state index in [4.69, 9.17) is 4.74 Å². The van der Waals surface area contributed by atoms with Crippen molar-refractivity contribution in [2.75, 3.05) is 0 Å². The van der Waals surface area contributed by atoms with Crippen LogP contribution in [0.5, 0.6) is 0 Å². The fourth-order valence-electron chi connectivity index (χ4n) is 4.46. The fraction of sp³-hybridized carbons (Fsp3) is 0.250. The van der Waals surface area contributed by atoms with Crippen molar-refractivity contribution >= 4 is 22.4 Å². The average Bonchev–Trinajstić information content (AvgIpc) is 3.02. The van der Waals surface area contributed by atoms with Crippen LogP contribution in [0.3, 0.4) is 0 Å². The van der Waals surface area contributed by atoms with Gasteiger partial charge in [-0.3, -0.25) is 9.88 Å². The van der Waals surface area contributed by atoms with Gasteiger partial charge in [-0.2, -0.15) is 0 Å². The minimum absolute atomic E-state index is 0.0952. The third kappa shape index (κ3) is 3.05. The highest BCUT2D eigenvalue weighted by molar-refractivity contribution is 5.92. The summed E-state index contributed by atoms with van der Waals surface area (Å²) in [7, 11) is 0. The lowest BCUT2D eigenvalue weighted by Gasteiger charge is -2.33. The van der Waals surface area contributed by atoms with E-state index < -0.39 is 0 Å². The van der Waals surface area contributed by atoms with Crippen LogP contribution in [0.2, 0.25) is 0 Å². The van der Waals surface area contributed by atoms with Gasteiger partial charge in [0.05, 0.1) is 11.7 Å². The number of benzene rings is 2. The second-order valence-corrected chi connectivity index (χ2v) is 7.52. The van der Waals surface area contributed by atoms with E-state index >= 15 is 0 Å². The summed E-state index contributed by atoms with van der Waals surface area (Å²) in [4.78, 5) is 19.3. The van der Waals surface area contributed by atoms with E-state index in [2.05, 4.69) is 35.3 Å². The quantitative estimate of drug-likeness (QED) is 0.637. The van der Waals surface area contributed by atoms with Crippen molar-refractivity contribution in [1.29, 1.82) is 0 Å². The Hall–Kier alpha value is -3.14. The van der Waals surface area contributed by atoms with E-state index in [1.165, 1.54) is 16.3 Å². The van der Waals surface area contributed by atoms with Gasteiger partial charge in [-0.25, -0.2) is 4.79 Å². The number of ether oxygens (including phenoxy) is 1. The normalized spacial score (nSPS) is 20.9. The van der Waals surface area contributed by atoms with E-state index in [-0.39, 0.29) is 18.2 Å². The first-order valence-electron chi connectivity index (χ1n) is 9.83. The first-order valence-corrected chi connectivity index (χ1v) is 9.83. The zero-order valence-corrected chi connectivity index (χ0v) is 15.6. The molecule has 2 atom stereocenters. The van der Waals surface area contributed by atoms with E-state index in [0.29, 0.717) is 6.61 Å². The van der Waals surface area contributed by atoms with Gasteiger partial charge in [-0.05, 0) is 41.9 Å². The Morgan fingerprint density at radius 3 is 2.71 bits per heavy atom. The van der Waals surface area contributed by atoms with Gasteiger partial charge >= 0.3 is 6.09 Å². The molecule has 2 aliphatic heterocycles. The second-order valence-electron chi connectivity index (χ2n) is 7.52. The number of carbonyl (C=O) groups excluding carboxylic acids is 1. The third-order valence-electron chi connectivity index (χ3n) is 5.79. The molecule has 5 rings (SSSR count). The molecule has 1 saturated heterocycles. The molecule has 140 valence electrons. The molecule has 4 nitrogen and oxygen atoms in total. The van der Waals surface area contributed by atoms with Crippen LogP contribution in [0.1, 0.15) is 30.5 Å². The predicted molar refractivity (Wildman–Crippen MR) is 110 cm³/mol. The highest BCUT2D eigenvalue weighted by Gasteiger charge is 2.41. The zero-order chi connectivity index (χ0) is 18.9. The van der Waals surface area contributed by atoms with Crippen molar-refractivity contribution in [3.63, 3.8) is 0 Å². The smallest absolute Gasteiger partial charge is 0.410 e. The highest BCUT2D eigenvalue weighted by atomic mass is 16.6. The lowest BCUT2D eigenvalue weighted by Crippen LogP contribution is -2.43. The van der Waals surface area contributed by atoms with Gasteiger partial charge in [-0.15, -0.1) is 0 Å². The second kappa shape index (κ2) is 7.12. The molecule has 4 heteroatoms. The van der Waals surface area contributed by atoms with Crippen LogP contribution in [-0.2, 0) is 11.3 Å². The number of amides is 1. The van der Waals surface area contributed by atoms with Crippen molar-refractivity contribution in [3.8, 4) is 0 Å². The number of carbonyl (C=O) groups is 1. The molecule has 28 heavy (non-hydrogen) atoms. The SMILES string of the molecule is O=C(OCc1ccccc1)N1C2C=C(c3nccc4ccccc34)CC1CC2. The highest BCUT2D eigenvalue weighted by Crippen LogP contribution is 2.40. The number of aromatic nitrogens is 1. The lowest BCUT2D eigenvalue weighted by atomic mass is 9.95. The maximum atomic E-state index is 12.7. The number of hydrogen-bond acceptors (Lipinski definition) is 3. The molecule has 0 radical (unpaired) electrons. The van der Waals surface area contributed by atoms with Crippen LogP contribution >= 0.6 is 0 Å². The van der Waals surface area contributed by atoms with E-state index in [0.717, 1.165) is 30.5 Å². The molecule has 0 spiro atoms. The first kappa shape index (κ1) is 17.0. The van der Waals surface area contributed by atoms with Crippen molar-refractivity contribution in [1.82, 2.24) is 9.88 Å². The molecule has 1 aromatic heterocycles. The summed E-state index contributed by atoms with van der Waals surface area (Å²) in [5.74, 6) is 0. The molecular formula is C24H22N2O2. The molecule has 1 fully saturated rings. The van der Waals surface area contributed by atoms with Crippen LogP contribution in [0.15, 0.2) is 72.9 Å². The number of fused-ring (bicyclic) bond motifs is 3. The van der Waals surface area contributed by atoms with E-state index in [1.54, 1.807) is 0 Å². The monoisotopic (exact) mass is 370 g/mol. The standard InChI is InChI=1S/C24H22N2O2/c27-24(28-16-17-6-2-1-3-7-17)26-20-10-11-21(26)15-19(14-20)23-22-9-5-4-8-18(22)12-13-25-23/h1-9,12-14,20-21H,10-11,15-16H2. The molecule has 3 heterocycles. The van der Waals surface area contributed by atoms with Crippen LogP contribution in [0.4, 0.5) is 4.79 Å².